The lowest BCUT2D eigenvalue weighted by Gasteiger charge is -2.09. The Morgan fingerprint density at radius 3 is 2.75 bits per heavy atom. The number of benzene rings is 2. The van der Waals surface area contributed by atoms with Crippen LogP contribution in [-0.4, -0.2) is 19.1 Å². The molecular formula is C16H16BrNO2. The molecule has 104 valence electrons. The van der Waals surface area contributed by atoms with Crippen molar-refractivity contribution in [1.82, 2.24) is 5.32 Å². The van der Waals surface area contributed by atoms with Gasteiger partial charge in [0.2, 0.25) is 0 Å². The SMILES string of the molecule is Cc1ccccc1OCCNC(=O)c1cccc(Br)c1. The van der Waals surface area contributed by atoms with Gasteiger partial charge in [-0.15, -0.1) is 0 Å². The molecule has 0 aliphatic rings. The predicted molar refractivity (Wildman–Crippen MR) is 83.1 cm³/mol. The van der Waals surface area contributed by atoms with Gasteiger partial charge >= 0.3 is 0 Å². The smallest absolute Gasteiger partial charge is 0.251 e. The fourth-order valence-electron chi connectivity index (χ4n) is 1.78. The van der Waals surface area contributed by atoms with Gasteiger partial charge in [0.1, 0.15) is 12.4 Å². The molecule has 2 aromatic rings. The average Bonchev–Trinajstić information content (AvgIpc) is 2.45. The lowest BCUT2D eigenvalue weighted by Crippen LogP contribution is -2.28. The average molecular weight is 334 g/mol. The summed E-state index contributed by atoms with van der Waals surface area (Å²) in [7, 11) is 0. The van der Waals surface area contributed by atoms with Crippen LogP contribution < -0.4 is 10.1 Å². The molecule has 2 aromatic carbocycles. The first-order valence-electron chi connectivity index (χ1n) is 6.39. The molecule has 0 bridgehead atoms. The highest BCUT2D eigenvalue weighted by atomic mass is 79.9. The van der Waals surface area contributed by atoms with Crippen molar-refractivity contribution < 1.29 is 9.53 Å². The Labute approximate surface area is 127 Å². The number of rotatable bonds is 5. The number of hydrogen-bond acceptors (Lipinski definition) is 2. The number of halogens is 1. The summed E-state index contributed by atoms with van der Waals surface area (Å²) >= 11 is 3.35. The van der Waals surface area contributed by atoms with E-state index in [1.807, 2.05) is 43.3 Å². The van der Waals surface area contributed by atoms with Gasteiger partial charge in [0.25, 0.3) is 5.91 Å². The van der Waals surface area contributed by atoms with Crippen LogP contribution in [0.3, 0.4) is 0 Å². The number of carbonyl (C=O) groups is 1. The first kappa shape index (κ1) is 14.6. The van der Waals surface area contributed by atoms with Gasteiger partial charge in [0.15, 0.2) is 0 Å². The molecule has 4 heteroatoms. The molecule has 0 saturated heterocycles. The summed E-state index contributed by atoms with van der Waals surface area (Å²) in [6.45, 7) is 2.92. The lowest BCUT2D eigenvalue weighted by atomic mass is 10.2. The van der Waals surface area contributed by atoms with E-state index in [9.17, 15) is 4.79 Å². The fourth-order valence-corrected chi connectivity index (χ4v) is 2.17. The van der Waals surface area contributed by atoms with Crippen molar-refractivity contribution >= 4 is 21.8 Å². The minimum Gasteiger partial charge on any atom is -0.491 e. The molecule has 3 nitrogen and oxygen atoms in total. The van der Waals surface area contributed by atoms with Crippen molar-refractivity contribution in [3.8, 4) is 5.75 Å². The lowest BCUT2D eigenvalue weighted by molar-refractivity contribution is 0.0947. The zero-order chi connectivity index (χ0) is 14.4. The second kappa shape index (κ2) is 7.10. The highest BCUT2D eigenvalue weighted by Crippen LogP contribution is 2.15. The van der Waals surface area contributed by atoms with Crippen LogP contribution in [0, 0.1) is 6.92 Å². The molecule has 0 aromatic heterocycles. The number of carbonyl (C=O) groups excluding carboxylic acids is 1. The van der Waals surface area contributed by atoms with Gasteiger partial charge < -0.3 is 10.1 Å². The molecule has 2 rings (SSSR count). The molecule has 0 spiro atoms. The van der Waals surface area contributed by atoms with Gasteiger partial charge in [0.05, 0.1) is 6.54 Å². The minimum atomic E-state index is -0.0975. The van der Waals surface area contributed by atoms with E-state index in [2.05, 4.69) is 21.2 Å². The third-order valence-electron chi connectivity index (χ3n) is 2.83. The molecule has 0 aliphatic heterocycles. The van der Waals surface area contributed by atoms with Crippen molar-refractivity contribution in [2.75, 3.05) is 13.2 Å². The second-order valence-corrected chi connectivity index (χ2v) is 5.30. The number of nitrogens with one attached hydrogen (secondary N) is 1. The maximum absolute atomic E-state index is 11.9. The van der Waals surface area contributed by atoms with Crippen molar-refractivity contribution in [1.29, 1.82) is 0 Å². The molecule has 0 radical (unpaired) electrons. The number of aryl methyl sites for hydroxylation is 1. The summed E-state index contributed by atoms with van der Waals surface area (Å²) in [5.41, 5.74) is 1.72. The van der Waals surface area contributed by atoms with Crippen LogP contribution in [0.5, 0.6) is 5.75 Å². The Morgan fingerprint density at radius 2 is 2.00 bits per heavy atom. The molecule has 1 N–H and O–H groups in total. The Kier molecular flexibility index (Phi) is 5.18. The highest BCUT2D eigenvalue weighted by molar-refractivity contribution is 9.10. The molecule has 0 aliphatic carbocycles. The normalized spacial score (nSPS) is 10.1. The summed E-state index contributed by atoms with van der Waals surface area (Å²) in [4.78, 5) is 11.9. The molecule has 0 atom stereocenters. The summed E-state index contributed by atoms with van der Waals surface area (Å²) in [5, 5.41) is 2.83. The Morgan fingerprint density at radius 1 is 1.20 bits per heavy atom. The van der Waals surface area contributed by atoms with Crippen LogP contribution in [0.4, 0.5) is 0 Å². The third-order valence-corrected chi connectivity index (χ3v) is 3.32. The van der Waals surface area contributed by atoms with Gasteiger partial charge in [-0.3, -0.25) is 4.79 Å². The van der Waals surface area contributed by atoms with Crippen molar-refractivity contribution in [3.63, 3.8) is 0 Å². The van der Waals surface area contributed by atoms with Crippen LogP contribution >= 0.6 is 15.9 Å². The van der Waals surface area contributed by atoms with Crippen molar-refractivity contribution in [3.05, 3.63) is 64.1 Å². The van der Waals surface area contributed by atoms with Crippen molar-refractivity contribution in [2.45, 2.75) is 6.92 Å². The van der Waals surface area contributed by atoms with Gasteiger partial charge in [-0.05, 0) is 36.8 Å². The molecule has 0 unspecified atom stereocenters. The predicted octanol–water partition coefficient (Wildman–Crippen LogP) is 3.57. The monoisotopic (exact) mass is 333 g/mol. The Hall–Kier alpha value is -1.81. The number of amides is 1. The first-order chi connectivity index (χ1) is 9.66. The quantitative estimate of drug-likeness (QED) is 0.849. The molecular weight excluding hydrogens is 318 g/mol. The topological polar surface area (TPSA) is 38.3 Å². The van der Waals surface area contributed by atoms with Crippen LogP contribution in [0.2, 0.25) is 0 Å². The van der Waals surface area contributed by atoms with Crippen LogP contribution in [0.15, 0.2) is 53.0 Å². The van der Waals surface area contributed by atoms with Gasteiger partial charge in [-0.1, -0.05) is 40.2 Å². The van der Waals surface area contributed by atoms with Crippen LogP contribution in [0.25, 0.3) is 0 Å². The largest absolute Gasteiger partial charge is 0.491 e. The van der Waals surface area contributed by atoms with E-state index < -0.39 is 0 Å². The van der Waals surface area contributed by atoms with Crippen LogP contribution in [-0.2, 0) is 0 Å². The van der Waals surface area contributed by atoms with E-state index in [0.717, 1.165) is 15.8 Å². The van der Waals surface area contributed by atoms with Gasteiger partial charge in [-0.2, -0.15) is 0 Å². The Balaban J connectivity index is 1.79. The van der Waals surface area contributed by atoms with Crippen LogP contribution in [0.1, 0.15) is 15.9 Å². The number of hydrogen-bond donors (Lipinski definition) is 1. The van der Waals surface area contributed by atoms with Gasteiger partial charge in [0, 0.05) is 10.0 Å². The van der Waals surface area contributed by atoms with Gasteiger partial charge in [-0.25, -0.2) is 0 Å². The van der Waals surface area contributed by atoms with Crippen molar-refractivity contribution in [2.24, 2.45) is 0 Å². The Bertz CT molecular complexity index is 599. The maximum atomic E-state index is 11.9. The molecule has 0 heterocycles. The molecule has 20 heavy (non-hydrogen) atoms. The van der Waals surface area contributed by atoms with E-state index in [1.54, 1.807) is 12.1 Å². The van der Waals surface area contributed by atoms with E-state index in [1.165, 1.54) is 0 Å². The third kappa shape index (κ3) is 4.10. The first-order valence-corrected chi connectivity index (χ1v) is 7.18. The highest BCUT2D eigenvalue weighted by Gasteiger charge is 2.05. The zero-order valence-electron chi connectivity index (χ0n) is 11.2. The summed E-state index contributed by atoms with van der Waals surface area (Å²) in [6.07, 6.45) is 0. The summed E-state index contributed by atoms with van der Waals surface area (Å²) in [5.74, 6) is 0.754. The van der Waals surface area contributed by atoms with E-state index in [4.69, 9.17) is 4.74 Å². The minimum absolute atomic E-state index is 0.0975. The molecule has 1 amide bonds. The maximum Gasteiger partial charge on any atom is 0.251 e. The second-order valence-electron chi connectivity index (χ2n) is 4.38. The van der Waals surface area contributed by atoms with E-state index in [-0.39, 0.29) is 5.91 Å². The van der Waals surface area contributed by atoms with E-state index >= 15 is 0 Å². The molecule has 0 saturated carbocycles. The summed E-state index contributed by atoms with van der Waals surface area (Å²) < 4.78 is 6.51. The van der Waals surface area contributed by atoms with E-state index in [0.29, 0.717) is 18.7 Å². The standard InChI is InChI=1S/C16H16BrNO2/c1-12-5-2-3-8-15(12)20-10-9-18-16(19)13-6-4-7-14(17)11-13/h2-8,11H,9-10H2,1H3,(H,18,19). The summed E-state index contributed by atoms with van der Waals surface area (Å²) in [6, 6.07) is 15.1. The molecule has 0 fully saturated rings. The zero-order valence-corrected chi connectivity index (χ0v) is 12.8. The number of ether oxygens (including phenoxy) is 1. The number of para-hydroxylation sites is 1. The fraction of sp³-hybridized carbons (Fsp3) is 0.188.